The second-order valence-corrected chi connectivity index (χ2v) is 10.3. The molecule has 2 saturated heterocycles. The van der Waals surface area contributed by atoms with Crippen molar-refractivity contribution in [2.75, 3.05) is 23.3 Å². The Hall–Kier alpha value is -3.76. The molecule has 2 atom stereocenters. The van der Waals surface area contributed by atoms with Gasteiger partial charge in [0.1, 0.15) is 23.1 Å². The van der Waals surface area contributed by atoms with E-state index in [0.29, 0.717) is 24.7 Å². The molecule has 2 aliphatic rings. The highest BCUT2D eigenvalue weighted by molar-refractivity contribution is 5.70. The number of likely N-dealkylation sites (tertiary alicyclic amines) is 1. The van der Waals surface area contributed by atoms with Gasteiger partial charge in [0.05, 0.1) is 23.5 Å². The molecule has 190 valence electrons. The highest BCUT2D eigenvalue weighted by Gasteiger charge is 2.47. The van der Waals surface area contributed by atoms with E-state index in [4.69, 9.17) is 4.74 Å². The van der Waals surface area contributed by atoms with Gasteiger partial charge in [-0.3, -0.25) is 0 Å². The van der Waals surface area contributed by atoms with Crippen molar-refractivity contribution in [2.24, 2.45) is 0 Å². The Morgan fingerprint density at radius 2 is 1.81 bits per heavy atom. The third kappa shape index (κ3) is 4.69. The molecule has 0 spiro atoms. The molecule has 0 saturated carbocycles. The van der Waals surface area contributed by atoms with E-state index in [-0.39, 0.29) is 29.8 Å². The number of hydrogen-bond donors (Lipinski definition) is 1. The van der Waals surface area contributed by atoms with Crippen LogP contribution in [-0.2, 0) is 4.74 Å². The van der Waals surface area contributed by atoms with Crippen LogP contribution in [0.25, 0.3) is 5.82 Å². The Bertz CT molecular complexity index is 1320. The minimum absolute atomic E-state index is 0.00269. The zero-order valence-corrected chi connectivity index (χ0v) is 20.9. The predicted octanol–water partition coefficient (Wildman–Crippen LogP) is 4.50. The maximum atomic E-state index is 14.4. The second kappa shape index (κ2) is 8.72. The molecule has 0 aliphatic carbocycles. The zero-order chi connectivity index (χ0) is 25.8. The van der Waals surface area contributed by atoms with Crippen molar-refractivity contribution >= 4 is 23.5 Å². The van der Waals surface area contributed by atoms with Crippen molar-refractivity contribution < 1.29 is 18.3 Å². The van der Waals surface area contributed by atoms with E-state index in [0.717, 1.165) is 23.9 Å². The van der Waals surface area contributed by atoms with Crippen LogP contribution in [0, 0.1) is 25.5 Å². The lowest BCUT2D eigenvalue weighted by Gasteiger charge is -2.35. The fourth-order valence-corrected chi connectivity index (χ4v) is 4.80. The number of amides is 1. The number of aromatic nitrogens is 4. The molecule has 5 rings (SSSR count). The molecule has 1 N–H and O–H groups in total. The van der Waals surface area contributed by atoms with Gasteiger partial charge in [-0.25, -0.2) is 18.3 Å². The van der Waals surface area contributed by atoms with E-state index in [1.54, 1.807) is 9.58 Å². The number of benzene rings is 1. The number of aryl methyl sites for hydroxylation is 2. The molecule has 1 amide bonds. The van der Waals surface area contributed by atoms with Gasteiger partial charge in [0, 0.05) is 30.9 Å². The van der Waals surface area contributed by atoms with Crippen molar-refractivity contribution in [3.05, 3.63) is 53.4 Å². The summed E-state index contributed by atoms with van der Waals surface area (Å²) >= 11 is 0. The highest BCUT2D eigenvalue weighted by atomic mass is 19.1. The number of nitrogens with one attached hydrogen (secondary N) is 1. The van der Waals surface area contributed by atoms with Crippen LogP contribution < -0.4 is 10.2 Å². The van der Waals surface area contributed by atoms with Crippen LogP contribution in [0.3, 0.4) is 0 Å². The van der Waals surface area contributed by atoms with E-state index >= 15 is 0 Å². The van der Waals surface area contributed by atoms with Crippen LogP contribution in [0.5, 0.6) is 0 Å². The zero-order valence-electron chi connectivity index (χ0n) is 20.9. The number of anilines is 3. The number of rotatable bonds is 4. The first-order valence-electron chi connectivity index (χ1n) is 11.9. The SMILES string of the molecule is Cc1cc(C)n(-c2cc(N3C[C@@H]4C[C@H]3CN4C(=O)OC(C)(C)C)nc(Nc3ccc(F)cc3F)n2)n1. The summed E-state index contributed by atoms with van der Waals surface area (Å²) in [6.07, 6.45) is 0.489. The lowest BCUT2D eigenvalue weighted by Crippen LogP contribution is -2.50. The van der Waals surface area contributed by atoms with Crippen molar-refractivity contribution in [3.8, 4) is 5.82 Å². The molecule has 4 heterocycles. The highest BCUT2D eigenvalue weighted by Crippen LogP contribution is 2.36. The van der Waals surface area contributed by atoms with Crippen LogP contribution >= 0.6 is 0 Å². The molecule has 0 unspecified atom stereocenters. The molecule has 0 radical (unpaired) electrons. The lowest BCUT2D eigenvalue weighted by molar-refractivity contribution is 0.0214. The molecule has 2 aliphatic heterocycles. The number of halogens is 2. The van der Waals surface area contributed by atoms with Crippen molar-refractivity contribution in [2.45, 2.75) is 58.7 Å². The lowest BCUT2D eigenvalue weighted by atomic mass is 10.2. The minimum Gasteiger partial charge on any atom is -0.444 e. The van der Waals surface area contributed by atoms with Crippen molar-refractivity contribution in [1.82, 2.24) is 24.6 Å². The van der Waals surface area contributed by atoms with E-state index < -0.39 is 17.2 Å². The fourth-order valence-electron chi connectivity index (χ4n) is 4.80. The van der Waals surface area contributed by atoms with E-state index in [2.05, 4.69) is 25.3 Å². The summed E-state index contributed by atoms with van der Waals surface area (Å²) in [6, 6.07) is 7.11. The third-order valence-corrected chi connectivity index (χ3v) is 6.27. The molecule has 1 aromatic carbocycles. The van der Waals surface area contributed by atoms with Gasteiger partial charge < -0.3 is 19.9 Å². The first-order valence-corrected chi connectivity index (χ1v) is 11.9. The molecule has 9 nitrogen and oxygen atoms in total. The summed E-state index contributed by atoms with van der Waals surface area (Å²) in [6.45, 7) is 10.5. The quantitative estimate of drug-likeness (QED) is 0.568. The van der Waals surface area contributed by atoms with Crippen LogP contribution in [0.4, 0.5) is 31.0 Å². The maximum absolute atomic E-state index is 14.4. The second-order valence-electron chi connectivity index (χ2n) is 10.3. The van der Waals surface area contributed by atoms with Crippen molar-refractivity contribution in [3.63, 3.8) is 0 Å². The number of carbonyl (C=O) groups excluding carboxylic acids is 1. The average molecular weight is 498 g/mol. The van der Waals surface area contributed by atoms with Gasteiger partial charge in [-0.2, -0.15) is 15.1 Å². The van der Waals surface area contributed by atoms with Gasteiger partial charge >= 0.3 is 6.09 Å². The number of carbonyl (C=O) groups is 1. The topological polar surface area (TPSA) is 88.4 Å². The van der Waals surface area contributed by atoms with Crippen LogP contribution in [0.2, 0.25) is 0 Å². The van der Waals surface area contributed by atoms with Gasteiger partial charge in [0.15, 0.2) is 5.82 Å². The molecular weight excluding hydrogens is 468 g/mol. The Balaban J connectivity index is 1.46. The van der Waals surface area contributed by atoms with Gasteiger partial charge in [-0.15, -0.1) is 0 Å². The molecule has 2 bridgehead atoms. The molecule has 11 heteroatoms. The molecule has 3 aromatic rings. The number of hydrogen-bond acceptors (Lipinski definition) is 7. The van der Waals surface area contributed by atoms with Crippen LogP contribution in [0.1, 0.15) is 38.6 Å². The first kappa shape index (κ1) is 24.0. The van der Waals surface area contributed by atoms with Gasteiger partial charge in [-0.1, -0.05) is 0 Å². The fraction of sp³-hybridized carbons (Fsp3) is 0.440. The number of piperazine rings is 1. The van der Waals surface area contributed by atoms with Gasteiger partial charge in [0.2, 0.25) is 5.95 Å². The Kier molecular flexibility index (Phi) is 5.80. The largest absolute Gasteiger partial charge is 0.444 e. The molecular formula is C25H29F2N7O2. The van der Waals surface area contributed by atoms with Gasteiger partial charge in [0.25, 0.3) is 0 Å². The van der Waals surface area contributed by atoms with Gasteiger partial charge in [-0.05, 0) is 59.2 Å². The number of fused-ring (bicyclic) bond motifs is 2. The summed E-state index contributed by atoms with van der Waals surface area (Å²) in [7, 11) is 0. The number of ether oxygens (including phenoxy) is 1. The maximum Gasteiger partial charge on any atom is 0.410 e. The average Bonchev–Trinajstić information content (AvgIpc) is 3.48. The Labute approximate surface area is 208 Å². The summed E-state index contributed by atoms with van der Waals surface area (Å²) in [5, 5.41) is 7.41. The first-order chi connectivity index (χ1) is 17.0. The van der Waals surface area contributed by atoms with Crippen LogP contribution in [-0.4, -0.2) is 61.5 Å². The van der Waals surface area contributed by atoms with E-state index in [1.807, 2.05) is 46.8 Å². The van der Waals surface area contributed by atoms with E-state index in [9.17, 15) is 13.6 Å². The minimum atomic E-state index is -0.745. The monoisotopic (exact) mass is 497 g/mol. The van der Waals surface area contributed by atoms with Crippen LogP contribution in [0.15, 0.2) is 30.3 Å². The predicted molar refractivity (Wildman–Crippen MR) is 131 cm³/mol. The van der Waals surface area contributed by atoms with E-state index in [1.165, 1.54) is 12.1 Å². The summed E-state index contributed by atoms with van der Waals surface area (Å²) < 4.78 is 35.0. The molecule has 2 aromatic heterocycles. The smallest absolute Gasteiger partial charge is 0.410 e. The van der Waals surface area contributed by atoms with Crippen molar-refractivity contribution in [1.29, 1.82) is 0 Å². The Morgan fingerprint density at radius 1 is 1.06 bits per heavy atom. The number of nitrogens with zero attached hydrogens (tertiary/aromatic N) is 6. The normalized spacial score (nSPS) is 19.2. The Morgan fingerprint density at radius 3 is 2.42 bits per heavy atom. The summed E-state index contributed by atoms with van der Waals surface area (Å²) in [5.74, 6) is -0.104. The summed E-state index contributed by atoms with van der Waals surface area (Å²) in [4.78, 5) is 25.8. The summed E-state index contributed by atoms with van der Waals surface area (Å²) in [5.41, 5.74) is 1.22. The standard InChI is InChI=1S/C25H29F2N7O2/c1-14-8-15(2)34(31-14)22-11-21(29-23(30-22)28-20-7-6-16(26)9-19(20)27)32-12-18-10-17(32)13-33(18)24(35)36-25(3,4)5/h6-9,11,17-18H,10,12-13H2,1-5H3,(H,28,29,30)/t17-,18-/m0/s1. The molecule has 36 heavy (non-hydrogen) atoms. The third-order valence-electron chi connectivity index (χ3n) is 6.27. The molecule has 2 fully saturated rings.